The number of carbonyl (C=O) groups is 1. The Balaban J connectivity index is 1.80. The van der Waals surface area contributed by atoms with Crippen molar-refractivity contribution in [3.05, 3.63) is 36.4 Å². The van der Waals surface area contributed by atoms with E-state index in [9.17, 15) is 18.0 Å². The van der Waals surface area contributed by atoms with Crippen molar-refractivity contribution < 1.29 is 22.7 Å². The predicted molar refractivity (Wildman–Crippen MR) is 94.8 cm³/mol. The maximum atomic E-state index is 13.5. The third-order valence-corrected chi connectivity index (χ3v) is 4.24. The van der Waals surface area contributed by atoms with Gasteiger partial charge in [-0.1, -0.05) is 5.92 Å². The topological polar surface area (TPSA) is 72.3 Å². The highest BCUT2D eigenvalue weighted by Crippen LogP contribution is 2.35. The largest absolute Gasteiger partial charge is 0.418 e. The van der Waals surface area contributed by atoms with Gasteiger partial charge in [-0.15, -0.1) is 6.42 Å². The van der Waals surface area contributed by atoms with Gasteiger partial charge in [0.2, 0.25) is 0 Å². The number of terminal acetylenes is 1. The molecule has 0 aliphatic carbocycles. The number of ether oxygens (including phenoxy) is 1. The van der Waals surface area contributed by atoms with Crippen molar-refractivity contribution in [1.29, 1.82) is 0 Å². The Bertz CT molecular complexity index is 855. The summed E-state index contributed by atoms with van der Waals surface area (Å²) in [5, 5.41) is 6.21. The van der Waals surface area contributed by atoms with Crippen molar-refractivity contribution in [3.8, 4) is 18.0 Å². The van der Waals surface area contributed by atoms with Crippen molar-refractivity contribution >= 4 is 11.7 Å². The van der Waals surface area contributed by atoms with E-state index in [0.717, 1.165) is 29.9 Å². The Morgan fingerprint density at radius 3 is 2.89 bits per heavy atom. The number of alkyl halides is 3. The fraction of sp³-hybridized carbons (Fsp3) is 0.389. The molecule has 3 rings (SSSR count). The molecule has 10 heteroatoms. The number of anilines is 1. The first-order valence-electron chi connectivity index (χ1n) is 8.55. The molecular formula is C18H18F3N5O2. The number of hydrogen-bond donors (Lipinski definition) is 1. The van der Waals surface area contributed by atoms with E-state index in [2.05, 4.69) is 21.3 Å². The van der Waals surface area contributed by atoms with E-state index in [4.69, 9.17) is 11.2 Å². The molecular weight excluding hydrogens is 375 g/mol. The average Bonchev–Trinajstić information content (AvgIpc) is 3.34. The van der Waals surface area contributed by atoms with E-state index in [-0.39, 0.29) is 30.6 Å². The number of aromatic nitrogens is 3. The Morgan fingerprint density at radius 2 is 2.29 bits per heavy atom. The molecule has 0 saturated carbocycles. The van der Waals surface area contributed by atoms with Gasteiger partial charge in [0, 0.05) is 18.8 Å². The van der Waals surface area contributed by atoms with Gasteiger partial charge < -0.3 is 15.0 Å². The Morgan fingerprint density at radius 1 is 1.46 bits per heavy atom. The molecule has 1 aliphatic heterocycles. The summed E-state index contributed by atoms with van der Waals surface area (Å²) in [6.45, 7) is 0.920. The first-order valence-corrected chi connectivity index (χ1v) is 8.55. The van der Waals surface area contributed by atoms with Crippen LogP contribution in [-0.2, 0) is 10.9 Å². The van der Waals surface area contributed by atoms with Crippen LogP contribution in [0.3, 0.4) is 0 Å². The highest BCUT2D eigenvalue weighted by atomic mass is 19.4. The average molecular weight is 393 g/mol. The zero-order chi connectivity index (χ0) is 20.1. The normalized spacial score (nSPS) is 16.6. The summed E-state index contributed by atoms with van der Waals surface area (Å²) in [7, 11) is 0. The summed E-state index contributed by atoms with van der Waals surface area (Å²) in [6.07, 6.45) is 4.55. The number of nitrogens with zero attached hydrogens (tertiary/aromatic N) is 4. The molecule has 0 radical (unpaired) electrons. The smallest absolute Gasteiger partial charge is 0.376 e. The minimum atomic E-state index is -4.64. The lowest BCUT2D eigenvalue weighted by atomic mass is 10.1. The number of carbonyl (C=O) groups excluding carboxylic acids is 1. The van der Waals surface area contributed by atoms with Crippen LogP contribution in [-0.4, -0.2) is 51.5 Å². The third-order valence-electron chi connectivity index (χ3n) is 4.24. The molecule has 28 heavy (non-hydrogen) atoms. The number of amides is 2. The molecule has 1 N–H and O–H groups in total. The lowest BCUT2D eigenvalue weighted by Gasteiger charge is -2.24. The fourth-order valence-electron chi connectivity index (χ4n) is 2.94. The second kappa shape index (κ2) is 8.31. The molecule has 1 atom stereocenters. The van der Waals surface area contributed by atoms with E-state index in [0.29, 0.717) is 6.61 Å². The van der Waals surface area contributed by atoms with E-state index < -0.39 is 17.8 Å². The molecule has 1 saturated heterocycles. The van der Waals surface area contributed by atoms with Gasteiger partial charge in [-0.2, -0.15) is 18.3 Å². The quantitative estimate of drug-likeness (QED) is 0.793. The number of rotatable bonds is 5. The van der Waals surface area contributed by atoms with E-state index in [1.165, 1.54) is 23.4 Å². The second-order valence-electron chi connectivity index (χ2n) is 6.22. The summed E-state index contributed by atoms with van der Waals surface area (Å²) in [5.41, 5.74) is -1.14. The van der Waals surface area contributed by atoms with E-state index in [1.807, 2.05) is 0 Å². The van der Waals surface area contributed by atoms with Crippen LogP contribution in [0, 0.1) is 12.3 Å². The van der Waals surface area contributed by atoms with Gasteiger partial charge in [-0.3, -0.25) is 0 Å². The summed E-state index contributed by atoms with van der Waals surface area (Å²) in [6, 6.07) is 2.85. The van der Waals surface area contributed by atoms with Crippen LogP contribution in [0.5, 0.6) is 0 Å². The second-order valence-corrected chi connectivity index (χ2v) is 6.22. The van der Waals surface area contributed by atoms with Crippen molar-refractivity contribution in [2.45, 2.75) is 25.1 Å². The maximum Gasteiger partial charge on any atom is 0.418 e. The predicted octanol–water partition coefficient (Wildman–Crippen LogP) is 2.93. The maximum absolute atomic E-state index is 13.5. The van der Waals surface area contributed by atoms with Gasteiger partial charge in [0.05, 0.1) is 23.9 Å². The van der Waals surface area contributed by atoms with Crippen LogP contribution in [0.2, 0.25) is 0 Å². The Hall–Kier alpha value is -3.06. The zero-order valence-corrected chi connectivity index (χ0v) is 14.8. The molecule has 0 spiro atoms. The SMILES string of the molecule is C#CCN(C[C@H]1CCCO1)C(=O)Nc1ccc(-n2cncn2)c(C(F)(F)F)c1. The summed E-state index contributed by atoms with van der Waals surface area (Å²) in [5.74, 6) is 2.38. The third kappa shape index (κ3) is 4.61. The highest BCUT2D eigenvalue weighted by molar-refractivity contribution is 5.89. The van der Waals surface area contributed by atoms with Gasteiger partial charge in [0.15, 0.2) is 0 Å². The van der Waals surface area contributed by atoms with Crippen LogP contribution < -0.4 is 5.32 Å². The van der Waals surface area contributed by atoms with Crippen LogP contribution in [0.15, 0.2) is 30.9 Å². The standard InChI is InChI=1S/C18H18F3N5O2/c1-2-7-25(10-14-4-3-8-28-14)17(27)24-13-5-6-16(26-12-22-11-23-26)15(9-13)18(19,20)21/h1,5-6,9,11-12,14H,3-4,7-8,10H2,(H,24,27)/t14-/m1/s1. The van der Waals surface area contributed by atoms with E-state index in [1.54, 1.807) is 0 Å². The van der Waals surface area contributed by atoms with Crippen LogP contribution in [0.4, 0.5) is 23.7 Å². The highest BCUT2D eigenvalue weighted by Gasteiger charge is 2.35. The fourth-order valence-corrected chi connectivity index (χ4v) is 2.94. The Labute approximate surface area is 159 Å². The van der Waals surface area contributed by atoms with Gasteiger partial charge >= 0.3 is 12.2 Å². The van der Waals surface area contributed by atoms with Crippen molar-refractivity contribution in [3.63, 3.8) is 0 Å². The lowest BCUT2D eigenvalue weighted by Crippen LogP contribution is -2.40. The molecule has 2 heterocycles. The molecule has 2 aromatic rings. The molecule has 2 amide bonds. The van der Waals surface area contributed by atoms with Gasteiger partial charge in [-0.25, -0.2) is 14.5 Å². The van der Waals surface area contributed by atoms with Crippen LogP contribution in [0.1, 0.15) is 18.4 Å². The molecule has 1 aromatic heterocycles. The number of hydrogen-bond acceptors (Lipinski definition) is 4. The molecule has 1 aromatic carbocycles. The van der Waals surface area contributed by atoms with Crippen molar-refractivity contribution in [1.82, 2.24) is 19.7 Å². The zero-order valence-electron chi connectivity index (χ0n) is 14.8. The molecule has 0 bridgehead atoms. The number of nitrogens with one attached hydrogen (secondary N) is 1. The number of halogens is 3. The van der Waals surface area contributed by atoms with Crippen LogP contribution in [0.25, 0.3) is 5.69 Å². The summed E-state index contributed by atoms with van der Waals surface area (Å²) < 4.78 is 46.9. The molecule has 1 fully saturated rings. The lowest BCUT2D eigenvalue weighted by molar-refractivity contribution is -0.137. The first-order chi connectivity index (χ1) is 13.4. The van der Waals surface area contributed by atoms with E-state index >= 15 is 0 Å². The summed E-state index contributed by atoms with van der Waals surface area (Å²) >= 11 is 0. The number of benzene rings is 1. The molecule has 1 aliphatic rings. The van der Waals surface area contributed by atoms with Gasteiger partial charge in [-0.05, 0) is 31.0 Å². The van der Waals surface area contributed by atoms with Crippen molar-refractivity contribution in [2.24, 2.45) is 0 Å². The minimum Gasteiger partial charge on any atom is -0.376 e. The van der Waals surface area contributed by atoms with Crippen molar-refractivity contribution in [2.75, 3.05) is 25.0 Å². The van der Waals surface area contributed by atoms with Crippen LogP contribution >= 0.6 is 0 Å². The van der Waals surface area contributed by atoms with Gasteiger partial charge in [0.25, 0.3) is 0 Å². The summed E-state index contributed by atoms with van der Waals surface area (Å²) in [4.78, 5) is 17.5. The minimum absolute atomic E-state index is 0.00412. The number of urea groups is 1. The Kier molecular flexibility index (Phi) is 5.84. The molecule has 0 unspecified atom stereocenters. The molecule has 148 valence electrons. The van der Waals surface area contributed by atoms with Gasteiger partial charge in [0.1, 0.15) is 12.7 Å². The first kappa shape index (κ1) is 19.7. The molecule has 7 nitrogen and oxygen atoms in total. The monoisotopic (exact) mass is 393 g/mol.